The van der Waals surface area contributed by atoms with Gasteiger partial charge in [-0.05, 0) is 33.0 Å². The van der Waals surface area contributed by atoms with Crippen LogP contribution in [0.25, 0.3) is 0 Å². The molecule has 0 aromatic carbocycles. The highest BCUT2D eigenvalue weighted by atomic mass is 15.2. The van der Waals surface area contributed by atoms with E-state index in [1.165, 1.54) is 5.69 Å². The molecule has 1 fully saturated rings. The van der Waals surface area contributed by atoms with E-state index in [2.05, 4.69) is 60.2 Å². The Kier molecular flexibility index (Phi) is 4.07. The number of rotatable bonds is 4. The van der Waals surface area contributed by atoms with Gasteiger partial charge in [0.15, 0.2) is 0 Å². The molecule has 2 heterocycles. The molecule has 1 saturated heterocycles. The van der Waals surface area contributed by atoms with Gasteiger partial charge in [-0.25, -0.2) is 4.98 Å². The van der Waals surface area contributed by atoms with Crippen LogP contribution in [0.2, 0.25) is 0 Å². The summed E-state index contributed by atoms with van der Waals surface area (Å²) in [5.41, 5.74) is 1.28. The van der Waals surface area contributed by atoms with E-state index in [-0.39, 0.29) is 0 Å². The number of likely N-dealkylation sites (N-methyl/N-ethyl adjacent to an activating group) is 1. The first-order valence-electron chi connectivity index (χ1n) is 6.73. The zero-order valence-electron chi connectivity index (χ0n) is 11.8. The van der Waals surface area contributed by atoms with Gasteiger partial charge < -0.3 is 15.1 Å². The monoisotopic (exact) mass is 248 g/mol. The highest BCUT2D eigenvalue weighted by Crippen LogP contribution is 2.26. The zero-order chi connectivity index (χ0) is 13.1. The first-order valence-corrected chi connectivity index (χ1v) is 6.73. The molecule has 2 atom stereocenters. The molecule has 2 unspecified atom stereocenters. The number of hydrogen-bond donors (Lipinski definition) is 1. The highest BCUT2D eigenvalue weighted by molar-refractivity contribution is 5.54. The van der Waals surface area contributed by atoms with Crippen LogP contribution in [0.5, 0.6) is 0 Å². The smallest absolute Gasteiger partial charge is 0.127 e. The molecule has 4 nitrogen and oxygen atoms in total. The second-order valence-corrected chi connectivity index (χ2v) is 5.34. The Morgan fingerprint density at radius 3 is 2.83 bits per heavy atom. The molecule has 100 valence electrons. The fraction of sp³-hybridized carbons (Fsp3) is 0.643. The van der Waals surface area contributed by atoms with Crippen LogP contribution >= 0.6 is 0 Å². The van der Waals surface area contributed by atoms with E-state index in [0.29, 0.717) is 12.0 Å². The van der Waals surface area contributed by atoms with E-state index in [4.69, 9.17) is 0 Å². The lowest BCUT2D eigenvalue weighted by molar-refractivity contribution is 0.266. The fourth-order valence-corrected chi connectivity index (χ4v) is 2.73. The quantitative estimate of drug-likeness (QED) is 0.882. The maximum Gasteiger partial charge on any atom is 0.127 e. The molecule has 4 heteroatoms. The number of nitrogens with zero attached hydrogens (tertiary/aromatic N) is 3. The fourth-order valence-electron chi connectivity index (χ4n) is 2.73. The molecule has 1 aromatic rings. The van der Waals surface area contributed by atoms with Crippen molar-refractivity contribution in [1.82, 2.24) is 9.88 Å². The van der Waals surface area contributed by atoms with E-state index in [0.717, 1.165) is 25.5 Å². The average Bonchev–Trinajstić information content (AvgIpc) is 2.72. The van der Waals surface area contributed by atoms with Crippen LogP contribution in [0.15, 0.2) is 18.3 Å². The SMILES string of the molecule is CCNc1cc(N2CC(C)C(N(C)C)C2)ccn1. The normalized spacial score (nSPS) is 23.7. The van der Waals surface area contributed by atoms with Crippen molar-refractivity contribution < 1.29 is 0 Å². The molecule has 0 spiro atoms. The Morgan fingerprint density at radius 1 is 1.44 bits per heavy atom. The minimum Gasteiger partial charge on any atom is -0.370 e. The summed E-state index contributed by atoms with van der Waals surface area (Å²) < 4.78 is 0. The minimum atomic E-state index is 0.640. The van der Waals surface area contributed by atoms with Gasteiger partial charge in [0.2, 0.25) is 0 Å². The van der Waals surface area contributed by atoms with Crippen LogP contribution in [-0.4, -0.2) is 49.7 Å². The Morgan fingerprint density at radius 2 is 2.22 bits per heavy atom. The van der Waals surface area contributed by atoms with Gasteiger partial charge in [0, 0.05) is 43.6 Å². The second-order valence-electron chi connectivity index (χ2n) is 5.34. The van der Waals surface area contributed by atoms with Gasteiger partial charge in [0.05, 0.1) is 0 Å². The Bertz CT molecular complexity index is 391. The standard InChI is InChI=1S/C14H24N4/c1-5-15-14-8-12(6-7-16-14)18-9-11(2)13(10-18)17(3)4/h6-8,11,13H,5,9-10H2,1-4H3,(H,15,16). The van der Waals surface area contributed by atoms with E-state index < -0.39 is 0 Å². The van der Waals surface area contributed by atoms with Gasteiger partial charge in [-0.15, -0.1) is 0 Å². The van der Waals surface area contributed by atoms with Crippen molar-refractivity contribution in [2.24, 2.45) is 5.92 Å². The maximum atomic E-state index is 4.33. The van der Waals surface area contributed by atoms with Crippen LogP contribution in [0.1, 0.15) is 13.8 Å². The topological polar surface area (TPSA) is 31.4 Å². The lowest BCUT2D eigenvalue weighted by Crippen LogP contribution is -2.34. The van der Waals surface area contributed by atoms with Gasteiger partial charge in [-0.3, -0.25) is 0 Å². The molecule has 0 saturated carbocycles. The van der Waals surface area contributed by atoms with Gasteiger partial charge in [0.25, 0.3) is 0 Å². The minimum absolute atomic E-state index is 0.640. The van der Waals surface area contributed by atoms with Crippen molar-refractivity contribution in [1.29, 1.82) is 0 Å². The Hall–Kier alpha value is -1.29. The summed E-state index contributed by atoms with van der Waals surface area (Å²) in [5, 5.41) is 3.27. The number of aromatic nitrogens is 1. The van der Waals surface area contributed by atoms with E-state index in [9.17, 15) is 0 Å². The van der Waals surface area contributed by atoms with E-state index in [1.54, 1.807) is 0 Å². The lowest BCUT2D eigenvalue weighted by Gasteiger charge is -2.23. The number of hydrogen-bond acceptors (Lipinski definition) is 4. The first-order chi connectivity index (χ1) is 8.61. The first kappa shape index (κ1) is 13.1. The molecule has 0 amide bonds. The average molecular weight is 248 g/mol. The molecule has 1 N–H and O–H groups in total. The molecule has 1 aromatic heterocycles. The third-order valence-corrected chi connectivity index (χ3v) is 3.70. The summed E-state index contributed by atoms with van der Waals surface area (Å²) >= 11 is 0. The number of pyridine rings is 1. The Balaban J connectivity index is 2.11. The van der Waals surface area contributed by atoms with Crippen molar-refractivity contribution >= 4 is 11.5 Å². The van der Waals surface area contributed by atoms with Crippen LogP contribution < -0.4 is 10.2 Å². The number of anilines is 2. The van der Waals surface area contributed by atoms with Crippen LogP contribution in [0, 0.1) is 5.92 Å². The van der Waals surface area contributed by atoms with Gasteiger partial charge in [-0.2, -0.15) is 0 Å². The maximum absolute atomic E-state index is 4.33. The molecule has 2 rings (SSSR count). The number of nitrogens with one attached hydrogen (secondary N) is 1. The van der Waals surface area contributed by atoms with Crippen LogP contribution in [0.3, 0.4) is 0 Å². The molecule has 1 aliphatic rings. The third kappa shape index (κ3) is 2.75. The zero-order valence-corrected chi connectivity index (χ0v) is 11.8. The highest BCUT2D eigenvalue weighted by Gasteiger charge is 2.31. The summed E-state index contributed by atoms with van der Waals surface area (Å²) in [6.07, 6.45) is 1.89. The van der Waals surface area contributed by atoms with Crippen LogP contribution in [-0.2, 0) is 0 Å². The van der Waals surface area contributed by atoms with Crippen LogP contribution in [0.4, 0.5) is 11.5 Å². The van der Waals surface area contributed by atoms with Crippen molar-refractivity contribution in [3.8, 4) is 0 Å². The molecular formula is C14H24N4. The summed E-state index contributed by atoms with van der Waals surface area (Å²) in [4.78, 5) is 9.11. The largest absolute Gasteiger partial charge is 0.370 e. The molecular weight excluding hydrogens is 224 g/mol. The van der Waals surface area contributed by atoms with E-state index in [1.807, 2.05) is 6.20 Å². The third-order valence-electron chi connectivity index (χ3n) is 3.70. The van der Waals surface area contributed by atoms with Gasteiger partial charge in [-0.1, -0.05) is 6.92 Å². The second kappa shape index (κ2) is 5.57. The molecule has 18 heavy (non-hydrogen) atoms. The van der Waals surface area contributed by atoms with Crippen molar-refractivity contribution in [2.45, 2.75) is 19.9 Å². The molecule has 0 bridgehead atoms. The molecule has 1 aliphatic heterocycles. The molecule has 0 radical (unpaired) electrons. The molecule has 0 aliphatic carbocycles. The Labute approximate surface area is 110 Å². The lowest BCUT2D eigenvalue weighted by atomic mass is 10.1. The summed E-state index contributed by atoms with van der Waals surface area (Å²) in [6, 6.07) is 4.89. The summed E-state index contributed by atoms with van der Waals surface area (Å²) in [5.74, 6) is 1.67. The van der Waals surface area contributed by atoms with Crippen molar-refractivity contribution in [2.75, 3.05) is 43.9 Å². The summed E-state index contributed by atoms with van der Waals surface area (Å²) in [6.45, 7) is 7.56. The van der Waals surface area contributed by atoms with Gasteiger partial charge >= 0.3 is 0 Å². The summed E-state index contributed by atoms with van der Waals surface area (Å²) in [7, 11) is 4.34. The van der Waals surface area contributed by atoms with Crippen molar-refractivity contribution in [3.05, 3.63) is 18.3 Å². The van der Waals surface area contributed by atoms with E-state index >= 15 is 0 Å². The van der Waals surface area contributed by atoms with Crippen molar-refractivity contribution in [3.63, 3.8) is 0 Å². The van der Waals surface area contributed by atoms with Gasteiger partial charge in [0.1, 0.15) is 5.82 Å². The predicted molar refractivity (Wildman–Crippen MR) is 77.3 cm³/mol. The predicted octanol–water partition coefficient (Wildman–Crippen LogP) is 1.90.